The summed E-state index contributed by atoms with van der Waals surface area (Å²) >= 11 is 6.11. The number of hydrogen-bond donors (Lipinski definition) is 0. The van der Waals surface area contributed by atoms with Gasteiger partial charge in [0.1, 0.15) is 5.82 Å². The van der Waals surface area contributed by atoms with Crippen molar-refractivity contribution >= 4 is 28.4 Å². The van der Waals surface area contributed by atoms with Gasteiger partial charge in [-0.2, -0.15) is 13.2 Å². The maximum absolute atomic E-state index is 13.8. The van der Waals surface area contributed by atoms with Crippen LogP contribution in [0.25, 0.3) is 16.6 Å². The van der Waals surface area contributed by atoms with Crippen LogP contribution >= 0.6 is 11.6 Å². The summed E-state index contributed by atoms with van der Waals surface area (Å²) in [6.07, 6.45) is -1.38. The molecule has 0 unspecified atom stereocenters. The Hall–Kier alpha value is -4.50. The van der Waals surface area contributed by atoms with Gasteiger partial charge in [-0.3, -0.25) is 19.1 Å². The van der Waals surface area contributed by atoms with Crippen molar-refractivity contribution in [3.8, 4) is 5.69 Å². The summed E-state index contributed by atoms with van der Waals surface area (Å²) in [6, 6.07) is 21.0. The fraction of sp³-hybridized carbons (Fsp3) is 0.161. The normalized spacial score (nSPS) is 12.3. The number of alkyl halides is 3. The number of hydrogen-bond acceptors (Lipinski definition) is 4. The number of nitrogens with zero attached hydrogens (tertiary/aromatic N) is 4. The first-order valence-corrected chi connectivity index (χ1v) is 13.1. The van der Waals surface area contributed by atoms with Crippen molar-refractivity contribution in [1.82, 2.24) is 19.4 Å². The molecule has 1 atom stereocenters. The number of carbonyl (C=O) groups is 1. The Morgan fingerprint density at radius 2 is 1.66 bits per heavy atom. The molecule has 41 heavy (non-hydrogen) atoms. The average molecular weight is 577 g/mol. The smallest absolute Gasteiger partial charge is 0.328 e. The van der Waals surface area contributed by atoms with Crippen molar-refractivity contribution in [3.05, 3.63) is 135 Å². The Labute approximate surface area is 238 Å². The highest BCUT2D eigenvalue weighted by Gasteiger charge is 2.31. The molecule has 6 nitrogen and oxygen atoms in total. The number of carbonyl (C=O) groups excluding carboxylic acids is 1. The number of aromatic nitrogens is 3. The Kier molecular flexibility index (Phi) is 7.90. The maximum Gasteiger partial charge on any atom is 0.416 e. The van der Waals surface area contributed by atoms with Crippen LogP contribution in [0.4, 0.5) is 13.2 Å². The SMILES string of the molecule is C[C@H](c1nc2ccccc2c(=O)n1-c1ccc(Cl)cc1)N(Cc1cccnc1)C(=O)Cc1ccc(C(F)(F)F)cc1. The van der Waals surface area contributed by atoms with Crippen LogP contribution < -0.4 is 5.56 Å². The van der Waals surface area contributed by atoms with E-state index in [4.69, 9.17) is 16.6 Å². The molecule has 0 aliphatic rings. The molecule has 0 aliphatic carbocycles. The third-order valence-corrected chi connectivity index (χ3v) is 7.01. The molecule has 3 aromatic carbocycles. The summed E-state index contributed by atoms with van der Waals surface area (Å²) < 4.78 is 40.7. The van der Waals surface area contributed by atoms with E-state index in [1.54, 1.807) is 78.8 Å². The summed E-state index contributed by atoms with van der Waals surface area (Å²) in [5, 5.41) is 0.906. The minimum absolute atomic E-state index is 0.137. The largest absolute Gasteiger partial charge is 0.416 e. The second-order valence-electron chi connectivity index (χ2n) is 9.53. The van der Waals surface area contributed by atoms with Gasteiger partial charge in [0, 0.05) is 24.0 Å². The van der Waals surface area contributed by atoms with Crippen LogP contribution in [-0.2, 0) is 23.9 Å². The van der Waals surface area contributed by atoms with Gasteiger partial charge in [-0.05, 0) is 72.6 Å². The van der Waals surface area contributed by atoms with Gasteiger partial charge in [0.15, 0.2) is 0 Å². The summed E-state index contributed by atoms with van der Waals surface area (Å²) in [6.45, 7) is 1.90. The molecular formula is C31H24ClF3N4O2. The van der Waals surface area contributed by atoms with Gasteiger partial charge in [0.2, 0.25) is 5.91 Å². The van der Waals surface area contributed by atoms with Gasteiger partial charge in [-0.25, -0.2) is 4.98 Å². The molecule has 0 bridgehead atoms. The molecule has 0 fully saturated rings. The van der Waals surface area contributed by atoms with Crippen LogP contribution in [0.2, 0.25) is 5.02 Å². The Balaban J connectivity index is 1.59. The Morgan fingerprint density at radius 1 is 0.951 bits per heavy atom. The molecule has 1 amide bonds. The molecule has 0 N–H and O–H groups in total. The molecule has 10 heteroatoms. The van der Waals surface area contributed by atoms with Gasteiger partial charge >= 0.3 is 6.18 Å². The molecule has 0 saturated carbocycles. The zero-order valence-corrected chi connectivity index (χ0v) is 22.6. The monoisotopic (exact) mass is 576 g/mol. The lowest BCUT2D eigenvalue weighted by atomic mass is 10.1. The van der Waals surface area contributed by atoms with Gasteiger partial charge in [0.05, 0.1) is 34.6 Å². The molecule has 2 heterocycles. The number of fused-ring (bicyclic) bond motifs is 1. The van der Waals surface area contributed by atoms with E-state index < -0.39 is 17.8 Å². The van der Waals surface area contributed by atoms with Crippen LogP contribution in [0.3, 0.4) is 0 Å². The van der Waals surface area contributed by atoms with Crippen molar-refractivity contribution in [2.75, 3.05) is 0 Å². The van der Waals surface area contributed by atoms with Crippen LogP contribution in [0.1, 0.15) is 35.5 Å². The van der Waals surface area contributed by atoms with Crippen molar-refractivity contribution in [2.45, 2.75) is 32.1 Å². The molecule has 2 aromatic heterocycles. The molecule has 0 saturated heterocycles. The first-order chi connectivity index (χ1) is 19.6. The van der Waals surface area contributed by atoms with Gasteiger partial charge < -0.3 is 4.90 Å². The van der Waals surface area contributed by atoms with Gasteiger partial charge in [0.25, 0.3) is 5.56 Å². The van der Waals surface area contributed by atoms with Crippen LogP contribution in [-0.4, -0.2) is 25.3 Å². The number of pyridine rings is 1. The fourth-order valence-corrected chi connectivity index (χ4v) is 4.75. The standard InChI is InChI=1S/C31H24ClF3N4O2/c1-20(29-37-27-7-3-2-6-26(27)30(41)39(29)25-14-12-24(32)13-15-25)38(19-22-5-4-16-36-18-22)28(40)17-21-8-10-23(11-9-21)31(33,34)35/h2-16,18,20H,17,19H2,1H3/t20-/m1/s1. The lowest BCUT2D eigenvalue weighted by Crippen LogP contribution is -2.38. The first kappa shape index (κ1) is 28.0. The quantitative estimate of drug-likeness (QED) is 0.214. The molecule has 5 aromatic rings. The Bertz CT molecular complexity index is 1740. The lowest BCUT2D eigenvalue weighted by molar-refractivity contribution is -0.137. The van der Waals surface area contributed by atoms with Crippen LogP contribution in [0.15, 0.2) is 102 Å². The van der Waals surface area contributed by atoms with Crippen molar-refractivity contribution in [3.63, 3.8) is 0 Å². The summed E-state index contributed by atoms with van der Waals surface area (Å²) in [4.78, 5) is 38.1. The van der Waals surface area contributed by atoms with Crippen LogP contribution in [0, 0.1) is 0 Å². The van der Waals surface area contributed by atoms with E-state index in [0.717, 1.165) is 17.7 Å². The molecule has 0 aliphatic heterocycles. The summed E-state index contributed by atoms with van der Waals surface area (Å²) in [5.74, 6) is -0.0353. The molecule has 0 radical (unpaired) electrons. The molecule has 208 valence electrons. The number of para-hydroxylation sites is 1. The lowest BCUT2D eigenvalue weighted by Gasteiger charge is -2.31. The number of amides is 1. The number of rotatable bonds is 7. The zero-order valence-electron chi connectivity index (χ0n) is 21.8. The van der Waals surface area contributed by atoms with E-state index in [0.29, 0.717) is 33.0 Å². The number of halogens is 4. The molecular weight excluding hydrogens is 553 g/mol. The average Bonchev–Trinajstić information content (AvgIpc) is 2.96. The summed E-state index contributed by atoms with van der Waals surface area (Å²) in [5.41, 5.74) is 1.06. The maximum atomic E-state index is 13.8. The van der Waals surface area contributed by atoms with E-state index in [1.165, 1.54) is 16.7 Å². The highest BCUT2D eigenvalue weighted by Crippen LogP contribution is 2.30. The van der Waals surface area contributed by atoms with E-state index >= 15 is 0 Å². The second kappa shape index (κ2) is 11.5. The van der Waals surface area contributed by atoms with Crippen LogP contribution in [0.5, 0.6) is 0 Å². The Morgan fingerprint density at radius 3 is 2.32 bits per heavy atom. The predicted octanol–water partition coefficient (Wildman–Crippen LogP) is 6.79. The van der Waals surface area contributed by atoms with E-state index in [2.05, 4.69) is 4.98 Å². The minimum atomic E-state index is -4.48. The molecule has 5 rings (SSSR count). The topological polar surface area (TPSA) is 68.1 Å². The molecule has 0 spiro atoms. The zero-order chi connectivity index (χ0) is 29.1. The third-order valence-electron chi connectivity index (χ3n) is 6.76. The highest BCUT2D eigenvalue weighted by atomic mass is 35.5. The van der Waals surface area contributed by atoms with E-state index in [1.807, 2.05) is 6.07 Å². The highest BCUT2D eigenvalue weighted by molar-refractivity contribution is 6.30. The van der Waals surface area contributed by atoms with E-state index in [9.17, 15) is 22.8 Å². The second-order valence-corrected chi connectivity index (χ2v) is 9.97. The van der Waals surface area contributed by atoms with Crippen molar-refractivity contribution in [2.24, 2.45) is 0 Å². The predicted molar refractivity (Wildman–Crippen MR) is 151 cm³/mol. The third kappa shape index (κ3) is 6.15. The van der Waals surface area contributed by atoms with Gasteiger partial charge in [-0.15, -0.1) is 0 Å². The first-order valence-electron chi connectivity index (χ1n) is 12.7. The van der Waals surface area contributed by atoms with Crippen molar-refractivity contribution < 1.29 is 18.0 Å². The van der Waals surface area contributed by atoms with Crippen molar-refractivity contribution in [1.29, 1.82) is 0 Å². The summed E-state index contributed by atoms with van der Waals surface area (Å²) in [7, 11) is 0. The fourth-order valence-electron chi connectivity index (χ4n) is 4.63. The minimum Gasteiger partial charge on any atom is -0.328 e. The van der Waals surface area contributed by atoms with E-state index in [-0.39, 0.29) is 24.4 Å². The number of benzene rings is 3. The van der Waals surface area contributed by atoms with Gasteiger partial charge in [-0.1, -0.05) is 41.9 Å².